The molecule has 0 amide bonds. The van der Waals surface area contributed by atoms with Crippen molar-refractivity contribution in [2.45, 2.75) is 31.6 Å². The van der Waals surface area contributed by atoms with Crippen molar-refractivity contribution in [2.75, 3.05) is 43.2 Å². The maximum Gasteiger partial charge on any atom is 0.409 e. The van der Waals surface area contributed by atoms with Gasteiger partial charge in [-0.1, -0.05) is 0 Å². The molecule has 0 radical (unpaired) electrons. The Balaban J connectivity index is 1.91. The van der Waals surface area contributed by atoms with Gasteiger partial charge in [0.25, 0.3) is 5.56 Å². The molecule has 0 bridgehead atoms. The van der Waals surface area contributed by atoms with E-state index in [1.54, 1.807) is 17.9 Å². The average Bonchev–Trinajstić information content (AvgIpc) is 2.75. The molecule has 8 nitrogen and oxygen atoms in total. The minimum absolute atomic E-state index is 0.0759. The normalized spacial score (nSPS) is 21.7. The highest BCUT2D eigenvalue weighted by Gasteiger charge is 2.47. The largest absolute Gasteiger partial charge is 0.481 e. The number of hydrogen-bond acceptors (Lipinski definition) is 7. The van der Waals surface area contributed by atoms with Crippen molar-refractivity contribution in [2.24, 2.45) is 0 Å². The molecule has 168 valence electrons. The van der Waals surface area contributed by atoms with Crippen molar-refractivity contribution in [1.29, 1.82) is 0 Å². The van der Waals surface area contributed by atoms with Gasteiger partial charge in [0.2, 0.25) is 17.6 Å². The molecule has 2 aliphatic heterocycles. The van der Waals surface area contributed by atoms with Gasteiger partial charge in [0.05, 0.1) is 32.1 Å². The second-order valence-electron chi connectivity index (χ2n) is 7.40. The molecule has 0 aliphatic carbocycles. The van der Waals surface area contributed by atoms with Crippen LogP contribution in [0, 0.1) is 5.82 Å². The number of anilines is 3. The summed E-state index contributed by atoms with van der Waals surface area (Å²) in [7, 11) is 1.41. The maximum atomic E-state index is 15.1. The van der Waals surface area contributed by atoms with Crippen LogP contribution < -0.4 is 20.1 Å². The van der Waals surface area contributed by atoms with Crippen molar-refractivity contribution < 1.29 is 27.0 Å². The van der Waals surface area contributed by atoms with Crippen molar-refractivity contribution >= 4 is 17.5 Å². The molecule has 1 saturated heterocycles. The lowest BCUT2D eigenvalue weighted by Gasteiger charge is -2.39. The SMILES string of the molecule is COc1cc(N2CCC(C(F)(F)F)n3c2nc(N2CCOCC2C)c(F)c3=O)ccn1. The Morgan fingerprint density at radius 3 is 2.74 bits per heavy atom. The lowest BCUT2D eigenvalue weighted by molar-refractivity contribution is -0.170. The van der Waals surface area contributed by atoms with E-state index in [9.17, 15) is 18.0 Å². The zero-order valence-electron chi connectivity index (χ0n) is 16.9. The van der Waals surface area contributed by atoms with E-state index in [0.717, 1.165) is 0 Å². The molecule has 2 unspecified atom stereocenters. The van der Waals surface area contributed by atoms with Crippen LogP contribution in [0.1, 0.15) is 19.4 Å². The summed E-state index contributed by atoms with van der Waals surface area (Å²) >= 11 is 0. The number of methoxy groups -OCH3 is 1. The van der Waals surface area contributed by atoms with Gasteiger partial charge in [-0.25, -0.2) is 4.98 Å². The monoisotopic (exact) mass is 443 g/mol. The van der Waals surface area contributed by atoms with Crippen LogP contribution in [0.5, 0.6) is 5.88 Å². The molecule has 4 rings (SSSR count). The third kappa shape index (κ3) is 3.80. The number of pyridine rings is 1. The third-order valence-corrected chi connectivity index (χ3v) is 5.46. The molecule has 2 atom stereocenters. The van der Waals surface area contributed by atoms with Crippen LogP contribution >= 0.6 is 0 Å². The molecule has 31 heavy (non-hydrogen) atoms. The summed E-state index contributed by atoms with van der Waals surface area (Å²) in [6, 6.07) is 0.612. The second-order valence-corrected chi connectivity index (χ2v) is 7.40. The van der Waals surface area contributed by atoms with Crippen LogP contribution in [0.15, 0.2) is 23.1 Å². The zero-order valence-corrected chi connectivity index (χ0v) is 16.9. The molecule has 2 aromatic rings. The van der Waals surface area contributed by atoms with E-state index in [-0.39, 0.29) is 43.4 Å². The number of alkyl halides is 3. The molecule has 0 aromatic carbocycles. The maximum absolute atomic E-state index is 15.1. The summed E-state index contributed by atoms with van der Waals surface area (Å²) in [6.07, 6.45) is -3.74. The first kappa shape index (κ1) is 21.3. The Labute approximate surface area is 175 Å². The van der Waals surface area contributed by atoms with Gasteiger partial charge in [0.1, 0.15) is 6.04 Å². The van der Waals surface area contributed by atoms with Crippen molar-refractivity contribution in [1.82, 2.24) is 14.5 Å². The summed E-state index contributed by atoms with van der Waals surface area (Å²) in [5.41, 5.74) is -0.924. The highest BCUT2D eigenvalue weighted by atomic mass is 19.4. The predicted molar refractivity (Wildman–Crippen MR) is 104 cm³/mol. The quantitative estimate of drug-likeness (QED) is 0.676. The summed E-state index contributed by atoms with van der Waals surface area (Å²) in [4.78, 5) is 24.1. The number of ether oxygens (including phenoxy) is 2. The second kappa shape index (κ2) is 7.98. The molecule has 0 saturated carbocycles. The van der Waals surface area contributed by atoms with Crippen LogP contribution in [0.3, 0.4) is 0 Å². The van der Waals surface area contributed by atoms with Gasteiger partial charge in [0, 0.05) is 25.4 Å². The summed E-state index contributed by atoms with van der Waals surface area (Å²) < 4.78 is 67.0. The topological polar surface area (TPSA) is 72.7 Å². The molecule has 12 heteroatoms. The minimum atomic E-state index is -4.73. The first-order valence-electron chi connectivity index (χ1n) is 9.73. The first-order valence-corrected chi connectivity index (χ1v) is 9.73. The number of hydrogen-bond donors (Lipinski definition) is 0. The molecular formula is C19H21F4N5O3. The van der Waals surface area contributed by atoms with Gasteiger partial charge in [-0.15, -0.1) is 0 Å². The van der Waals surface area contributed by atoms with E-state index in [0.29, 0.717) is 16.9 Å². The number of morpholine rings is 1. The van der Waals surface area contributed by atoms with Crippen LogP contribution in [-0.4, -0.2) is 60.2 Å². The highest BCUT2D eigenvalue weighted by molar-refractivity contribution is 5.61. The van der Waals surface area contributed by atoms with E-state index in [2.05, 4.69) is 9.97 Å². The molecule has 2 aliphatic rings. The van der Waals surface area contributed by atoms with E-state index in [1.807, 2.05) is 0 Å². The fourth-order valence-corrected chi connectivity index (χ4v) is 3.91. The van der Waals surface area contributed by atoms with Gasteiger partial charge in [-0.3, -0.25) is 9.36 Å². The van der Waals surface area contributed by atoms with Gasteiger partial charge < -0.3 is 19.3 Å². The van der Waals surface area contributed by atoms with Gasteiger partial charge in [-0.2, -0.15) is 22.5 Å². The summed E-state index contributed by atoms with van der Waals surface area (Å²) in [5.74, 6) is -1.61. The zero-order chi connectivity index (χ0) is 22.3. The molecule has 0 N–H and O–H groups in total. The van der Waals surface area contributed by atoms with Gasteiger partial charge in [-0.05, 0) is 19.4 Å². The van der Waals surface area contributed by atoms with Crippen LogP contribution in [-0.2, 0) is 4.74 Å². The molecule has 4 heterocycles. The number of rotatable bonds is 3. The Kier molecular flexibility index (Phi) is 5.50. The highest BCUT2D eigenvalue weighted by Crippen LogP contribution is 2.41. The molecule has 1 fully saturated rings. The van der Waals surface area contributed by atoms with Crippen molar-refractivity contribution in [3.8, 4) is 5.88 Å². The predicted octanol–water partition coefficient (Wildman–Crippen LogP) is 2.66. The Hall–Kier alpha value is -2.89. The van der Waals surface area contributed by atoms with Crippen molar-refractivity contribution in [3.05, 3.63) is 34.5 Å². The fraction of sp³-hybridized carbons (Fsp3) is 0.526. The van der Waals surface area contributed by atoms with Gasteiger partial charge in [0.15, 0.2) is 5.82 Å². The van der Waals surface area contributed by atoms with Crippen LogP contribution in [0.4, 0.5) is 35.0 Å². The summed E-state index contributed by atoms with van der Waals surface area (Å²) in [6.45, 7) is 2.53. The number of nitrogens with zero attached hydrogens (tertiary/aromatic N) is 5. The number of aromatic nitrogens is 3. The average molecular weight is 443 g/mol. The Morgan fingerprint density at radius 1 is 1.29 bits per heavy atom. The lowest BCUT2D eigenvalue weighted by Crippen LogP contribution is -2.49. The minimum Gasteiger partial charge on any atom is -0.481 e. The third-order valence-electron chi connectivity index (χ3n) is 5.46. The van der Waals surface area contributed by atoms with E-state index < -0.39 is 30.0 Å². The first-order chi connectivity index (χ1) is 14.7. The van der Waals surface area contributed by atoms with Crippen LogP contribution in [0.25, 0.3) is 0 Å². The van der Waals surface area contributed by atoms with Crippen LogP contribution in [0.2, 0.25) is 0 Å². The van der Waals surface area contributed by atoms with Crippen molar-refractivity contribution in [3.63, 3.8) is 0 Å². The van der Waals surface area contributed by atoms with E-state index in [1.165, 1.54) is 24.3 Å². The molecular weight excluding hydrogens is 422 g/mol. The van der Waals surface area contributed by atoms with E-state index in [4.69, 9.17) is 9.47 Å². The fourth-order valence-electron chi connectivity index (χ4n) is 3.91. The molecule has 0 spiro atoms. The number of fused-ring (bicyclic) bond motifs is 1. The summed E-state index contributed by atoms with van der Waals surface area (Å²) in [5, 5.41) is 0. The molecule has 2 aromatic heterocycles. The number of halogens is 4. The van der Waals surface area contributed by atoms with Gasteiger partial charge >= 0.3 is 6.18 Å². The van der Waals surface area contributed by atoms with E-state index >= 15 is 4.39 Å². The Morgan fingerprint density at radius 2 is 2.06 bits per heavy atom. The Bertz CT molecular complexity index is 1030. The standard InChI is InChI=1S/C19H21F4N5O3/c1-11-10-31-8-7-26(11)16-15(20)17(29)28-13(19(21,22)23)4-6-27(18(28)25-16)12-3-5-24-14(9-12)30-2/h3,5,9,11,13H,4,6-8,10H2,1-2H3. The lowest BCUT2D eigenvalue weighted by atomic mass is 10.1. The smallest absolute Gasteiger partial charge is 0.409 e.